The van der Waals surface area contributed by atoms with Gasteiger partial charge in [-0.05, 0) is 36.1 Å². The van der Waals surface area contributed by atoms with Gasteiger partial charge in [0.05, 0.1) is 9.79 Å². The molecule has 0 saturated heterocycles. The summed E-state index contributed by atoms with van der Waals surface area (Å²) in [4.78, 5) is 0.113. The van der Waals surface area contributed by atoms with Gasteiger partial charge >= 0.3 is 0 Å². The average Bonchev–Trinajstić information content (AvgIpc) is 3.35. The summed E-state index contributed by atoms with van der Waals surface area (Å²) in [5.74, 6) is -0.463. The van der Waals surface area contributed by atoms with Crippen molar-refractivity contribution in [1.29, 1.82) is 0 Å². The van der Waals surface area contributed by atoms with Crippen LogP contribution in [-0.2, 0) is 19.7 Å². The molecule has 2 aromatic rings. The van der Waals surface area contributed by atoms with Crippen molar-refractivity contribution in [1.82, 2.24) is 0 Å². The van der Waals surface area contributed by atoms with Crippen LogP contribution in [0.15, 0.2) is 70.5 Å². The fraction of sp³-hybridized carbons (Fsp3) is 0.368. The van der Waals surface area contributed by atoms with E-state index in [1.165, 1.54) is 24.3 Å². The van der Waals surface area contributed by atoms with E-state index in [1.54, 1.807) is 36.4 Å². The van der Waals surface area contributed by atoms with Crippen LogP contribution in [0.2, 0.25) is 0 Å². The Labute approximate surface area is 149 Å². The lowest BCUT2D eigenvalue weighted by Gasteiger charge is -2.25. The van der Waals surface area contributed by atoms with E-state index in [0.29, 0.717) is 0 Å². The molecule has 1 fully saturated rings. The van der Waals surface area contributed by atoms with Crippen LogP contribution < -0.4 is 0 Å². The molecule has 25 heavy (non-hydrogen) atoms. The molecule has 1 aliphatic carbocycles. The molecular formula is C19H22O4S2. The van der Waals surface area contributed by atoms with E-state index in [9.17, 15) is 16.8 Å². The van der Waals surface area contributed by atoms with Crippen LogP contribution in [0.3, 0.4) is 0 Å². The molecule has 0 aromatic heterocycles. The van der Waals surface area contributed by atoms with Crippen molar-refractivity contribution in [2.24, 2.45) is 11.3 Å². The molecule has 0 heterocycles. The zero-order chi connectivity index (χ0) is 18.5. The summed E-state index contributed by atoms with van der Waals surface area (Å²) in [5, 5.41) is 0. The predicted molar refractivity (Wildman–Crippen MR) is 97.5 cm³/mol. The molecular weight excluding hydrogens is 356 g/mol. The Bertz CT molecular complexity index is 901. The van der Waals surface area contributed by atoms with Crippen molar-refractivity contribution in [3.8, 4) is 0 Å². The molecule has 0 amide bonds. The molecule has 6 heteroatoms. The smallest absolute Gasteiger partial charge is 0.199 e. The van der Waals surface area contributed by atoms with Gasteiger partial charge in [0.15, 0.2) is 23.8 Å². The summed E-state index contributed by atoms with van der Waals surface area (Å²) in [7, 11) is -8.11. The van der Waals surface area contributed by atoms with E-state index in [4.69, 9.17) is 0 Å². The molecule has 4 nitrogen and oxygen atoms in total. The third-order valence-corrected chi connectivity index (χ3v) is 10.7. The SMILES string of the molecule is CC(C)(C)[C@@H]1CC1(S(=O)(=O)c1ccccc1)S(=O)(=O)c1ccccc1. The van der Waals surface area contributed by atoms with Crippen LogP contribution in [0.1, 0.15) is 27.2 Å². The van der Waals surface area contributed by atoms with E-state index in [1.807, 2.05) is 20.8 Å². The van der Waals surface area contributed by atoms with Gasteiger partial charge in [-0.25, -0.2) is 16.8 Å². The zero-order valence-electron chi connectivity index (χ0n) is 14.5. The van der Waals surface area contributed by atoms with Gasteiger partial charge in [-0.3, -0.25) is 0 Å². The van der Waals surface area contributed by atoms with Gasteiger partial charge in [-0.1, -0.05) is 57.2 Å². The van der Waals surface area contributed by atoms with Gasteiger partial charge in [-0.2, -0.15) is 0 Å². The summed E-state index contributed by atoms with van der Waals surface area (Å²) in [5.41, 5.74) is -0.441. The third kappa shape index (κ3) is 2.62. The van der Waals surface area contributed by atoms with Gasteiger partial charge in [0.2, 0.25) is 0 Å². The minimum atomic E-state index is -4.05. The summed E-state index contributed by atoms with van der Waals surface area (Å²) >= 11 is 0. The van der Waals surface area contributed by atoms with Crippen molar-refractivity contribution >= 4 is 19.7 Å². The number of hydrogen-bond acceptors (Lipinski definition) is 4. The Morgan fingerprint density at radius 2 is 1.12 bits per heavy atom. The molecule has 0 spiro atoms. The van der Waals surface area contributed by atoms with Gasteiger partial charge < -0.3 is 0 Å². The third-order valence-electron chi connectivity index (χ3n) is 4.92. The first kappa shape index (κ1) is 18.1. The summed E-state index contributed by atoms with van der Waals surface area (Å²) in [6, 6.07) is 15.8. The summed E-state index contributed by atoms with van der Waals surface area (Å²) in [6.07, 6.45) is 0.116. The van der Waals surface area contributed by atoms with Gasteiger partial charge in [0, 0.05) is 5.92 Å². The summed E-state index contributed by atoms with van der Waals surface area (Å²) < 4.78 is 51.9. The fourth-order valence-corrected chi connectivity index (χ4v) is 9.32. The first-order valence-electron chi connectivity index (χ1n) is 8.14. The highest BCUT2D eigenvalue weighted by Gasteiger charge is 2.75. The van der Waals surface area contributed by atoms with E-state index >= 15 is 0 Å². The van der Waals surface area contributed by atoms with E-state index < -0.39 is 35.1 Å². The van der Waals surface area contributed by atoms with Crippen molar-refractivity contribution in [2.45, 2.75) is 41.1 Å². The molecule has 0 bridgehead atoms. The predicted octanol–water partition coefficient (Wildman–Crippen LogP) is 3.70. The van der Waals surface area contributed by atoms with Gasteiger partial charge in [0.1, 0.15) is 0 Å². The maximum absolute atomic E-state index is 13.4. The van der Waals surface area contributed by atoms with Crippen LogP contribution in [-0.4, -0.2) is 20.9 Å². The Kier molecular flexibility index (Phi) is 4.12. The van der Waals surface area contributed by atoms with E-state index in [2.05, 4.69) is 0 Å². The number of hydrogen-bond donors (Lipinski definition) is 0. The molecule has 3 rings (SSSR count). The van der Waals surface area contributed by atoms with Crippen LogP contribution in [0.25, 0.3) is 0 Å². The van der Waals surface area contributed by atoms with Crippen molar-refractivity contribution in [3.05, 3.63) is 60.7 Å². The number of sulfone groups is 2. The normalized spacial score (nSPS) is 20.2. The molecule has 2 aromatic carbocycles. The molecule has 0 aliphatic heterocycles. The lowest BCUT2D eigenvalue weighted by atomic mass is 9.90. The molecule has 0 radical (unpaired) electrons. The largest absolute Gasteiger partial charge is 0.222 e. The van der Waals surface area contributed by atoms with Crippen LogP contribution in [0.5, 0.6) is 0 Å². The first-order valence-corrected chi connectivity index (χ1v) is 11.1. The van der Waals surface area contributed by atoms with E-state index in [0.717, 1.165) is 0 Å². The average molecular weight is 379 g/mol. The highest BCUT2D eigenvalue weighted by Crippen LogP contribution is 2.64. The second-order valence-corrected chi connectivity index (χ2v) is 12.2. The van der Waals surface area contributed by atoms with Crippen molar-refractivity contribution in [2.75, 3.05) is 0 Å². The fourth-order valence-electron chi connectivity index (χ4n) is 3.53. The van der Waals surface area contributed by atoms with Crippen LogP contribution in [0, 0.1) is 11.3 Å². The Balaban J connectivity index is 2.25. The monoisotopic (exact) mass is 378 g/mol. The van der Waals surface area contributed by atoms with Gasteiger partial charge in [0.25, 0.3) is 0 Å². The summed E-state index contributed by atoms with van der Waals surface area (Å²) in [6.45, 7) is 5.67. The number of benzene rings is 2. The quantitative estimate of drug-likeness (QED) is 0.813. The minimum Gasteiger partial charge on any atom is -0.222 e. The topological polar surface area (TPSA) is 68.3 Å². The first-order chi connectivity index (χ1) is 11.5. The highest BCUT2D eigenvalue weighted by molar-refractivity contribution is 8.10. The lowest BCUT2D eigenvalue weighted by molar-refractivity contribution is 0.344. The Hall–Kier alpha value is -1.66. The molecule has 0 unspecified atom stereocenters. The van der Waals surface area contributed by atoms with Crippen LogP contribution in [0.4, 0.5) is 0 Å². The standard InChI is InChI=1S/C19H22O4S2/c1-18(2,3)17-14-19(17,24(20,21)15-10-6-4-7-11-15)25(22,23)16-12-8-5-9-13-16/h4-13,17H,14H2,1-3H3/t17-/m0/s1. The molecule has 1 saturated carbocycles. The second-order valence-electron chi connectivity index (χ2n) is 7.57. The van der Waals surface area contributed by atoms with Crippen molar-refractivity contribution < 1.29 is 16.8 Å². The molecule has 1 aliphatic rings. The molecule has 134 valence electrons. The second kappa shape index (κ2) is 5.68. The number of rotatable bonds is 4. The van der Waals surface area contributed by atoms with Crippen LogP contribution >= 0.6 is 0 Å². The minimum absolute atomic E-state index is 0.0567. The van der Waals surface area contributed by atoms with Crippen molar-refractivity contribution in [3.63, 3.8) is 0 Å². The lowest BCUT2D eigenvalue weighted by Crippen LogP contribution is -2.38. The molecule has 1 atom stereocenters. The zero-order valence-corrected chi connectivity index (χ0v) is 16.1. The van der Waals surface area contributed by atoms with Gasteiger partial charge in [-0.15, -0.1) is 0 Å². The molecule has 0 N–H and O–H groups in total. The van der Waals surface area contributed by atoms with E-state index in [-0.39, 0.29) is 16.2 Å². The maximum Gasteiger partial charge on any atom is 0.199 e. The Morgan fingerprint density at radius 3 is 1.40 bits per heavy atom. The maximum atomic E-state index is 13.4. The highest BCUT2D eigenvalue weighted by atomic mass is 32.3. The Morgan fingerprint density at radius 1 is 0.760 bits per heavy atom.